The van der Waals surface area contributed by atoms with Crippen molar-refractivity contribution < 1.29 is 13.2 Å². The molecule has 1 amide bonds. The highest BCUT2D eigenvalue weighted by Gasteiger charge is 2.20. The van der Waals surface area contributed by atoms with Crippen LogP contribution in [-0.2, 0) is 9.05 Å². The lowest BCUT2D eigenvalue weighted by atomic mass is 9.83. The third-order valence-electron chi connectivity index (χ3n) is 4.21. The van der Waals surface area contributed by atoms with Gasteiger partial charge in [0.1, 0.15) is 0 Å². The van der Waals surface area contributed by atoms with E-state index in [0.717, 1.165) is 17.9 Å². The first kappa shape index (κ1) is 16.3. The van der Waals surface area contributed by atoms with Crippen molar-refractivity contribution in [1.82, 2.24) is 5.32 Å². The minimum Gasteiger partial charge on any atom is -0.352 e. The van der Waals surface area contributed by atoms with Gasteiger partial charge in [-0.1, -0.05) is 19.3 Å². The predicted molar refractivity (Wildman–Crippen MR) is 83.2 cm³/mol. The van der Waals surface area contributed by atoms with Crippen LogP contribution in [0.15, 0.2) is 17.0 Å². The van der Waals surface area contributed by atoms with Crippen LogP contribution in [0.1, 0.15) is 47.2 Å². The van der Waals surface area contributed by atoms with Gasteiger partial charge in [0, 0.05) is 22.8 Å². The fourth-order valence-electron chi connectivity index (χ4n) is 2.48. The molecule has 21 heavy (non-hydrogen) atoms. The van der Waals surface area contributed by atoms with Crippen molar-refractivity contribution >= 4 is 25.6 Å². The first-order valence-electron chi connectivity index (χ1n) is 7.13. The first-order valence-corrected chi connectivity index (χ1v) is 9.44. The fourth-order valence-corrected chi connectivity index (χ4v) is 3.76. The van der Waals surface area contributed by atoms with Gasteiger partial charge in [-0.25, -0.2) is 8.42 Å². The zero-order valence-electron chi connectivity index (χ0n) is 12.3. The van der Waals surface area contributed by atoms with Crippen molar-refractivity contribution in [3.8, 4) is 0 Å². The Bertz CT molecular complexity index is 651. The van der Waals surface area contributed by atoms with Crippen molar-refractivity contribution in [1.29, 1.82) is 0 Å². The van der Waals surface area contributed by atoms with Crippen molar-refractivity contribution in [2.45, 2.75) is 44.4 Å². The number of carbonyl (C=O) groups is 1. The average Bonchev–Trinajstić information content (AvgIpc) is 2.33. The molecule has 0 atom stereocenters. The molecule has 2 rings (SSSR count). The van der Waals surface area contributed by atoms with Crippen molar-refractivity contribution in [2.24, 2.45) is 5.92 Å². The summed E-state index contributed by atoms with van der Waals surface area (Å²) in [5.41, 5.74) is 1.66. The van der Waals surface area contributed by atoms with E-state index < -0.39 is 9.05 Å². The molecule has 0 aromatic heterocycles. The molecule has 0 aliphatic heterocycles. The molecule has 6 heteroatoms. The summed E-state index contributed by atoms with van der Waals surface area (Å²) in [6.45, 7) is 4.08. The van der Waals surface area contributed by atoms with Gasteiger partial charge in [0.05, 0.1) is 4.90 Å². The molecular formula is C15H20ClNO3S. The summed E-state index contributed by atoms with van der Waals surface area (Å²) in [5, 5.41) is 2.85. The molecule has 0 saturated heterocycles. The van der Waals surface area contributed by atoms with Crippen molar-refractivity contribution in [3.05, 3.63) is 28.8 Å². The standard InChI is InChI=1S/C15H20ClNO3S/c1-10-8-13(9-14(11(10)2)21(16,19)20)15(18)17-7-6-12-4-3-5-12/h8-9,12H,3-7H2,1-2H3,(H,17,18). The normalized spacial score (nSPS) is 15.6. The fraction of sp³-hybridized carbons (Fsp3) is 0.533. The monoisotopic (exact) mass is 329 g/mol. The number of amides is 1. The van der Waals surface area contributed by atoms with E-state index in [1.165, 1.54) is 25.3 Å². The molecule has 1 fully saturated rings. The van der Waals surface area contributed by atoms with E-state index in [9.17, 15) is 13.2 Å². The molecule has 1 aromatic rings. The van der Waals surface area contributed by atoms with E-state index in [0.29, 0.717) is 17.7 Å². The molecule has 1 aromatic carbocycles. The smallest absolute Gasteiger partial charge is 0.261 e. The van der Waals surface area contributed by atoms with E-state index in [1.807, 2.05) is 0 Å². The van der Waals surface area contributed by atoms with Gasteiger partial charge in [0.15, 0.2) is 0 Å². The molecule has 116 valence electrons. The minimum absolute atomic E-state index is 0.00769. The zero-order chi connectivity index (χ0) is 15.6. The Kier molecular flexibility index (Phi) is 4.94. The number of nitrogens with one attached hydrogen (secondary N) is 1. The second kappa shape index (κ2) is 6.36. The molecule has 1 aliphatic rings. The van der Waals surface area contributed by atoms with Crippen LogP contribution in [0.5, 0.6) is 0 Å². The maximum Gasteiger partial charge on any atom is 0.261 e. The Balaban J connectivity index is 2.11. The van der Waals surface area contributed by atoms with Gasteiger partial charge < -0.3 is 5.32 Å². The summed E-state index contributed by atoms with van der Waals surface area (Å²) in [6, 6.07) is 3.04. The molecule has 0 radical (unpaired) electrons. The highest BCUT2D eigenvalue weighted by atomic mass is 35.7. The van der Waals surface area contributed by atoms with Crippen molar-refractivity contribution in [3.63, 3.8) is 0 Å². The van der Waals surface area contributed by atoms with Gasteiger partial charge in [-0.2, -0.15) is 0 Å². The Labute approximate surface area is 130 Å². The number of rotatable bonds is 5. The van der Waals surface area contributed by atoms with E-state index in [2.05, 4.69) is 5.32 Å². The number of carbonyl (C=O) groups excluding carboxylic acids is 1. The van der Waals surface area contributed by atoms with Crippen LogP contribution in [0, 0.1) is 19.8 Å². The lowest BCUT2D eigenvalue weighted by molar-refractivity contribution is 0.0948. The van der Waals surface area contributed by atoms with Gasteiger partial charge in [-0.05, 0) is 49.4 Å². The molecule has 0 unspecified atom stereocenters. The maximum absolute atomic E-state index is 12.1. The van der Waals surface area contributed by atoms with E-state index in [1.54, 1.807) is 19.9 Å². The number of aryl methyl sites for hydroxylation is 1. The largest absolute Gasteiger partial charge is 0.352 e. The lowest BCUT2D eigenvalue weighted by Crippen LogP contribution is -2.27. The van der Waals surface area contributed by atoms with Gasteiger partial charge in [0.25, 0.3) is 15.0 Å². The third-order valence-corrected chi connectivity index (χ3v) is 5.66. The predicted octanol–water partition coefficient (Wildman–Crippen LogP) is 3.15. The molecule has 0 heterocycles. The van der Waals surface area contributed by atoms with Crippen LogP contribution >= 0.6 is 10.7 Å². The van der Waals surface area contributed by atoms with Gasteiger partial charge >= 0.3 is 0 Å². The van der Waals surface area contributed by atoms with Crippen LogP contribution in [-0.4, -0.2) is 20.9 Å². The Morgan fingerprint density at radius 2 is 2.00 bits per heavy atom. The SMILES string of the molecule is Cc1cc(C(=O)NCCC2CCC2)cc(S(=O)(=O)Cl)c1C. The van der Waals surface area contributed by atoms with Crippen molar-refractivity contribution in [2.75, 3.05) is 6.54 Å². The minimum atomic E-state index is -3.85. The van der Waals surface area contributed by atoms with E-state index in [4.69, 9.17) is 10.7 Å². The van der Waals surface area contributed by atoms with Gasteiger partial charge in [-0.3, -0.25) is 4.79 Å². The molecule has 1 N–H and O–H groups in total. The van der Waals surface area contributed by atoms with Crippen LogP contribution in [0.4, 0.5) is 0 Å². The van der Waals surface area contributed by atoms with Crippen LogP contribution in [0.2, 0.25) is 0 Å². The molecular weight excluding hydrogens is 310 g/mol. The van der Waals surface area contributed by atoms with E-state index >= 15 is 0 Å². The first-order chi connectivity index (χ1) is 9.79. The highest BCUT2D eigenvalue weighted by Crippen LogP contribution is 2.29. The van der Waals surface area contributed by atoms with Gasteiger partial charge in [0.2, 0.25) is 0 Å². The Morgan fingerprint density at radius 1 is 1.33 bits per heavy atom. The van der Waals surface area contributed by atoms with Crippen LogP contribution in [0.3, 0.4) is 0 Å². The summed E-state index contributed by atoms with van der Waals surface area (Å²) < 4.78 is 23.1. The average molecular weight is 330 g/mol. The summed E-state index contributed by atoms with van der Waals surface area (Å²) >= 11 is 0. The summed E-state index contributed by atoms with van der Waals surface area (Å²) in [7, 11) is 1.58. The molecule has 0 bridgehead atoms. The second-order valence-electron chi connectivity index (χ2n) is 5.70. The highest BCUT2D eigenvalue weighted by molar-refractivity contribution is 8.13. The van der Waals surface area contributed by atoms with Gasteiger partial charge in [-0.15, -0.1) is 0 Å². The maximum atomic E-state index is 12.1. The quantitative estimate of drug-likeness (QED) is 0.844. The van der Waals surface area contributed by atoms with Crippen LogP contribution in [0.25, 0.3) is 0 Å². The summed E-state index contributed by atoms with van der Waals surface area (Å²) in [5.74, 6) is 0.475. The number of hydrogen-bond donors (Lipinski definition) is 1. The summed E-state index contributed by atoms with van der Waals surface area (Å²) in [4.78, 5) is 12.1. The molecule has 4 nitrogen and oxygen atoms in total. The molecule has 1 aliphatic carbocycles. The second-order valence-corrected chi connectivity index (χ2v) is 8.23. The third kappa shape index (κ3) is 3.98. The number of hydrogen-bond acceptors (Lipinski definition) is 3. The Morgan fingerprint density at radius 3 is 2.52 bits per heavy atom. The lowest BCUT2D eigenvalue weighted by Gasteiger charge is -2.25. The van der Waals surface area contributed by atoms with E-state index in [-0.39, 0.29) is 10.8 Å². The zero-order valence-corrected chi connectivity index (χ0v) is 13.9. The number of halogens is 1. The molecule has 1 saturated carbocycles. The Hall–Kier alpha value is -1.07. The van der Waals surface area contributed by atoms with Crippen LogP contribution < -0.4 is 5.32 Å². The topological polar surface area (TPSA) is 63.2 Å². The summed E-state index contributed by atoms with van der Waals surface area (Å²) in [6.07, 6.45) is 4.76. The molecule has 0 spiro atoms. The number of benzene rings is 1.